The lowest BCUT2D eigenvalue weighted by molar-refractivity contribution is -0.129. The molecule has 40 heavy (non-hydrogen) atoms. The van der Waals surface area contributed by atoms with Gasteiger partial charge < -0.3 is 15.0 Å². The summed E-state index contributed by atoms with van der Waals surface area (Å²) >= 11 is 5.12. The van der Waals surface area contributed by atoms with E-state index < -0.39 is 0 Å². The molecule has 1 saturated heterocycles. The predicted molar refractivity (Wildman–Crippen MR) is 170 cm³/mol. The highest BCUT2D eigenvalue weighted by molar-refractivity contribution is 9.10. The highest BCUT2D eigenvalue weighted by Crippen LogP contribution is 2.43. The standard InChI is InChI=1S/C34H33BrN2O2S/c1-23-9-5-8-14-30(23)37-33(38)32(40-34(37)36-27-11-3-2-4-12-27)21-29-28-13-7-6-10-25(28)17-20-31(29)39-22-24-15-18-26(35)19-16-24/h2-4,6-7,10-13,15-21,23,30,34,36H,5,8-9,14,22H2,1H3/b32-21-/t23-,30+,34?/m0/s1. The fourth-order valence-corrected chi connectivity index (χ4v) is 7.25. The summed E-state index contributed by atoms with van der Waals surface area (Å²) in [5.41, 5.74) is 2.90. The Labute approximate surface area is 248 Å². The smallest absolute Gasteiger partial charge is 0.262 e. The average molecular weight is 614 g/mol. The molecule has 0 aromatic heterocycles. The minimum atomic E-state index is -0.159. The molecule has 1 heterocycles. The van der Waals surface area contributed by atoms with E-state index in [2.05, 4.69) is 81.6 Å². The van der Waals surface area contributed by atoms with E-state index in [1.165, 1.54) is 6.42 Å². The number of halogens is 1. The number of amides is 1. The maximum atomic E-state index is 14.2. The third kappa shape index (κ3) is 5.79. The molecular weight excluding hydrogens is 580 g/mol. The van der Waals surface area contributed by atoms with Crippen molar-refractivity contribution >= 4 is 56.1 Å². The number of carbonyl (C=O) groups is 1. The van der Waals surface area contributed by atoms with E-state index in [0.717, 1.165) is 62.0 Å². The van der Waals surface area contributed by atoms with Crippen molar-refractivity contribution in [3.63, 3.8) is 0 Å². The number of benzene rings is 4. The van der Waals surface area contributed by atoms with Crippen LogP contribution in [-0.2, 0) is 11.4 Å². The fraction of sp³-hybridized carbons (Fsp3) is 0.265. The van der Waals surface area contributed by atoms with Gasteiger partial charge in [0.15, 0.2) is 5.50 Å². The summed E-state index contributed by atoms with van der Waals surface area (Å²) in [6, 6.07) is 31.0. The quantitative estimate of drug-likeness (QED) is 0.211. The molecule has 2 fully saturated rings. The van der Waals surface area contributed by atoms with E-state index in [-0.39, 0.29) is 17.4 Å². The first-order chi connectivity index (χ1) is 19.6. The van der Waals surface area contributed by atoms with E-state index in [0.29, 0.717) is 12.5 Å². The minimum Gasteiger partial charge on any atom is -0.488 e. The van der Waals surface area contributed by atoms with Crippen molar-refractivity contribution in [1.29, 1.82) is 0 Å². The van der Waals surface area contributed by atoms with Crippen LogP contribution in [0.2, 0.25) is 0 Å². The first kappa shape index (κ1) is 27.0. The predicted octanol–water partition coefficient (Wildman–Crippen LogP) is 9.07. The van der Waals surface area contributed by atoms with Crippen LogP contribution < -0.4 is 10.1 Å². The second-order valence-corrected chi connectivity index (χ2v) is 12.7. The molecule has 0 spiro atoms. The molecule has 4 nitrogen and oxygen atoms in total. The second kappa shape index (κ2) is 12.1. The average Bonchev–Trinajstić information content (AvgIpc) is 3.28. The normalized spacial score (nSPS) is 22.1. The number of rotatable bonds is 7. The molecule has 6 rings (SSSR count). The number of hydrogen-bond donors (Lipinski definition) is 1. The van der Waals surface area contributed by atoms with Crippen molar-refractivity contribution in [2.24, 2.45) is 5.92 Å². The molecule has 1 N–H and O–H groups in total. The van der Waals surface area contributed by atoms with Gasteiger partial charge in [0.05, 0.1) is 4.91 Å². The van der Waals surface area contributed by atoms with Crippen LogP contribution in [0.5, 0.6) is 5.75 Å². The van der Waals surface area contributed by atoms with Gasteiger partial charge in [-0.15, -0.1) is 0 Å². The first-order valence-corrected chi connectivity index (χ1v) is 15.7. The fourth-order valence-electron chi connectivity index (χ4n) is 5.79. The molecule has 4 aromatic carbocycles. The van der Waals surface area contributed by atoms with Crippen molar-refractivity contribution in [2.45, 2.75) is 50.8 Å². The number of nitrogens with one attached hydrogen (secondary N) is 1. The molecule has 204 valence electrons. The van der Waals surface area contributed by atoms with Crippen molar-refractivity contribution in [3.8, 4) is 5.75 Å². The lowest BCUT2D eigenvalue weighted by Crippen LogP contribution is -2.48. The van der Waals surface area contributed by atoms with Gasteiger partial charge >= 0.3 is 0 Å². The van der Waals surface area contributed by atoms with Crippen molar-refractivity contribution in [1.82, 2.24) is 4.90 Å². The summed E-state index contributed by atoms with van der Waals surface area (Å²) in [4.78, 5) is 17.0. The molecule has 3 atom stereocenters. The van der Waals surface area contributed by atoms with Gasteiger partial charge in [0.2, 0.25) is 0 Å². The lowest BCUT2D eigenvalue weighted by atomic mass is 9.85. The third-order valence-electron chi connectivity index (χ3n) is 7.94. The maximum Gasteiger partial charge on any atom is 0.262 e. The Bertz CT molecular complexity index is 1520. The Morgan fingerprint density at radius 3 is 2.50 bits per heavy atom. The number of carbonyl (C=O) groups excluding carboxylic acids is 1. The van der Waals surface area contributed by atoms with Crippen LogP contribution in [0.3, 0.4) is 0 Å². The van der Waals surface area contributed by atoms with E-state index >= 15 is 0 Å². The number of hydrogen-bond acceptors (Lipinski definition) is 4. The van der Waals surface area contributed by atoms with Crippen LogP contribution in [0, 0.1) is 5.92 Å². The molecule has 1 aliphatic carbocycles. The van der Waals surface area contributed by atoms with Crippen molar-refractivity contribution in [2.75, 3.05) is 5.32 Å². The van der Waals surface area contributed by atoms with Crippen LogP contribution in [0.15, 0.2) is 100 Å². The van der Waals surface area contributed by atoms with Gasteiger partial charge in [-0.3, -0.25) is 4.79 Å². The molecule has 1 saturated carbocycles. The summed E-state index contributed by atoms with van der Waals surface area (Å²) in [6.07, 6.45) is 6.66. The number of anilines is 1. The van der Waals surface area contributed by atoms with Crippen LogP contribution >= 0.6 is 27.7 Å². The van der Waals surface area contributed by atoms with Crippen LogP contribution in [-0.4, -0.2) is 22.3 Å². The molecule has 0 bridgehead atoms. The number of ether oxygens (including phenoxy) is 1. The summed E-state index contributed by atoms with van der Waals surface area (Å²) in [7, 11) is 0. The topological polar surface area (TPSA) is 41.6 Å². The molecule has 1 amide bonds. The number of nitrogens with zero attached hydrogens (tertiary/aromatic N) is 1. The third-order valence-corrected chi connectivity index (χ3v) is 9.58. The largest absolute Gasteiger partial charge is 0.488 e. The minimum absolute atomic E-state index is 0.101. The molecule has 4 aromatic rings. The Morgan fingerprint density at radius 2 is 1.70 bits per heavy atom. The Hall–Kier alpha value is -3.22. The van der Waals surface area contributed by atoms with Crippen LogP contribution in [0.4, 0.5) is 5.69 Å². The molecule has 2 aliphatic rings. The maximum absolute atomic E-state index is 14.2. The van der Waals surface area contributed by atoms with Crippen LogP contribution in [0.25, 0.3) is 16.8 Å². The van der Waals surface area contributed by atoms with Gasteiger partial charge in [-0.1, -0.05) is 108 Å². The number of para-hydroxylation sites is 1. The van der Waals surface area contributed by atoms with Crippen molar-refractivity contribution in [3.05, 3.63) is 112 Å². The molecular formula is C34H33BrN2O2S. The van der Waals surface area contributed by atoms with E-state index in [1.54, 1.807) is 11.8 Å². The molecule has 6 heteroatoms. The monoisotopic (exact) mass is 612 g/mol. The highest BCUT2D eigenvalue weighted by atomic mass is 79.9. The van der Waals surface area contributed by atoms with Gasteiger partial charge in [-0.05, 0) is 71.5 Å². The summed E-state index contributed by atoms with van der Waals surface area (Å²) in [5.74, 6) is 1.35. The Morgan fingerprint density at radius 1 is 0.950 bits per heavy atom. The zero-order valence-corrected chi connectivity index (χ0v) is 25.0. The Balaban J connectivity index is 1.37. The van der Waals surface area contributed by atoms with Gasteiger partial charge in [-0.25, -0.2) is 0 Å². The second-order valence-electron chi connectivity index (χ2n) is 10.6. The molecule has 1 unspecified atom stereocenters. The Kier molecular flexibility index (Phi) is 8.17. The van der Waals surface area contributed by atoms with Crippen LogP contribution in [0.1, 0.15) is 43.7 Å². The number of thioether (sulfide) groups is 1. The van der Waals surface area contributed by atoms with E-state index in [1.807, 2.05) is 48.5 Å². The van der Waals surface area contributed by atoms with E-state index in [9.17, 15) is 4.79 Å². The summed E-state index contributed by atoms with van der Waals surface area (Å²) in [5, 5.41) is 5.85. The summed E-state index contributed by atoms with van der Waals surface area (Å²) in [6.45, 7) is 2.74. The van der Waals surface area contributed by atoms with Gasteiger partial charge in [0.1, 0.15) is 12.4 Å². The SMILES string of the molecule is C[C@H]1CCCC[C@H]1N1C(=O)/C(=C/c2c(OCc3ccc(Br)cc3)ccc3ccccc23)SC1Nc1ccccc1. The molecule has 1 aliphatic heterocycles. The number of fused-ring (bicyclic) bond motifs is 1. The van der Waals surface area contributed by atoms with Gasteiger partial charge in [0, 0.05) is 21.8 Å². The zero-order valence-electron chi connectivity index (χ0n) is 22.6. The highest BCUT2D eigenvalue weighted by Gasteiger charge is 2.43. The first-order valence-electron chi connectivity index (χ1n) is 14.0. The molecule has 0 radical (unpaired) electrons. The lowest BCUT2D eigenvalue weighted by Gasteiger charge is -2.39. The van der Waals surface area contributed by atoms with Gasteiger partial charge in [0.25, 0.3) is 5.91 Å². The zero-order chi connectivity index (χ0) is 27.5. The van der Waals surface area contributed by atoms with Crippen molar-refractivity contribution < 1.29 is 9.53 Å². The summed E-state index contributed by atoms with van der Waals surface area (Å²) < 4.78 is 7.43. The van der Waals surface area contributed by atoms with Gasteiger partial charge in [-0.2, -0.15) is 0 Å². The van der Waals surface area contributed by atoms with E-state index in [4.69, 9.17) is 4.74 Å².